The van der Waals surface area contributed by atoms with E-state index in [2.05, 4.69) is 54.9 Å². The van der Waals surface area contributed by atoms with E-state index < -0.39 is 5.91 Å². The van der Waals surface area contributed by atoms with Gasteiger partial charge in [0.15, 0.2) is 0 Å². The van der Waals surface area contributed by atoms with Gasteiger partial charge < -0.3 is 31.5 Å². The smallest absolute Gasteiger partial charge is 0.254 e. The van der Waals surface area contributed by atoms with Crippen LogP contribution in [0.15, 0.2) is 30.5 Å². The van der Waals surface area contributed by atoms with Gasteiger partial charge in [-0.15, -0.1) is 0 Å². The molecule has 2 heterocycles. The Morgan fingerprint density at radius 2 is 1.82 bits per heavy atom. The van der Waals surface area contributed by atoms with Crippen molar-refractivity contribution in [2.75, 3.05) is 61.8 Å². The Labute approximate surface area is 200 Å². The van der Waals surface area contributed by atoms with Gasteiger partial charge in [0.25, 0.3) is 5.91 Å². The molecule has 2 amide bonds. The van der Waals surface area contributed by atoms with Crippen LogP contribution in [0.25, 0.3) is 0 Å². The lowest BCUT2D eigenvalue weighted by molar-refractivity contribution is -0.127. The van der Waals surface area contributed by atoms with Gasteiger partial charge in [0, 0.05) is 62.8 Å². The number of anilines is 4. The summed E-state index contributed by atoms with van der Waals surface area (Å²) in [6, 6.07) is 8.17. The molecule has 1 saturated heterocycles. The number of hydrogen-bond acceptors (Lipinski definition) is 8. The van der Waals surface area contributed by atoms with Gasteiger partial charge in [-0.3, -0.25) is 9.59 Å². The van der Waals surface area contributed by atoms with Gasteiger partial charge in [0.05, 0.1) is 5.56 Å². The van der Waals surface area contributed by atoms with Crippen LogP contribution >= 0.6 is 0 Å². The van der Waals surface area contributed by atoms with E-state index in [9.17, 15) is 9.59 Å². The van der Waals surface area contributed by atoms with Crippen molar-refractivity contribution in [1.82, 2.24) is 20.2 Å². The second kappa shape index (κ2) is 11.1. The van der Waals surface area contributed by atoms with Crippen LogP contribution in [0.5, 0.6) is 0 Å². The molecule has 182 valence electrons. The van der Waals surface area contributed by atoms with Crippen LogP contribution in [0.4, 0.5) is 23.1 Å². The number of rotatable bonds is 10. The molecule has 1 saturated carbocycles. The maximum absolute atomic E-state index is 11.9. The first-order chi connectivity index (χ1) is 16.5. The van der Waals surface area contributed by atoms with Crippen LogP contribution in [0, 0.1) is 5.92 Å². The zero-order chi connectivity index (χ0) is 23.9. The lowest BCUT2D eigenvalue weighted by Crippen LogP contribution is -2.44. The number of carbonyl (C=O) groups excluding carboxylic acids is 2. The van der Waals surface area contributed by atoms with Crippen molar-refractivity contribution in [1.29, 1.82) is 0 Å². The molecular weight excluding hydrogens is 432 g/mol. The summed E-state index contributed by atoms with van der Waals surface area (Å²) in [6.45, 7) is 5.26. The van der Waals surface area contributed by atoms with E-state index in [1.807, 2.05) is 12.1 Å². The van der Waals surface area contributed by atoms with Crippen molar-refractivity contribution in [3.63, 3.8) is 0 Å². The zero-order valence-corrected chi connectivity index (χ0v) is 19.7. The number of nitrogens with zero attached hydrogens (tertiary/aromatic N) is 4. The number of nitrogens with one attached hydrogen (secondary N) is 3. The van der Waals surface area contributed by atoms with E-state index in [4.69, 9.17) is 5.73 Å². The molecule has 1 aliphatic carbocycles. The highest BCUT2D eigenvalue weighted by atomic mass is 16.2. The van der Waals surface area contributed by atoms with Crippen molar-refractivity contribution in [3.8, 4) is 0 Å². The molecule has 1 aromatic heterocycles. The average Bonchev–Trinajstić information content (AvgIpc) is 2.79. The monoisotopic (exact) mass is 466 g/mol. The highest BCUT2D eigenvalue weighted by Crippen LogP contribution is 2.26. The Balaban J connectivity index is 1.31. The third kappa shape index (κ3) is 6.13. The molecule has 34 heavy (non-hydrogen) atoms. The first kappa shape index (κ1) is 23.7. The minimum absolute atomic E-state index is 0.135. The summed E-state index contributed by atoms with van der Waals surface area (Å²) in [5, 5.41) is 9.31. The molecule has 0 spiro atoms. The molecule has 10 heteroatoms. The van der Waals surface area contributed by atoms with Crippen LogP contribution in [0.3, 0.4) is 0 Å². The van der Waals surface area contributed by atoms with Gasteiger partial charge in [-0.05, 0) is 50.6 Å². The third-order valence-electron chi connectivity index (χ3n) is 6.47. The number of hydrogen-bond donors (Lipinski definition) is 4. The molecular formula is C24H34N8O2. The number of nitrogens with two attached hydrogens (primary N) is 1. The van der Waals surface area contributed by atoms with Gasteiger partial charge >= 0.3 is 0 Å². The lowest BCUT2D eigenvalue weighted by Gasteiger charge is -2.34. The van der Waals surface area contributed by atoms with Crippen LogP contribution in [0.1, 0.15) is 36.0 Å². The summed E-state index contributed by atoms with van der Waals surface area (Å²) in [4.78, 5) is 37.1. The molecule has 2 aliphatic rings. The number of benzene rings is 1. The summed E-state index contributed by atoms with van der Waals surface area (Å²) in [5.41, 5.74) is 7.77. The van der Waals surface area contributed by atoms with E-state index in [-0.39, 0.29) is 17.4 Å². The van der Waals surface area contributed by atoms with Gasteiger partial charge in [-0.1, -0.05) is 6.42 Å². The van der Waals surface area contributed by atoms with E-state index in [0.29, 0.717) is 31.3 Å². The Hall–Kier alpha value is -3.40. The molecule has 10 nitrogen and oxygen atoms in total. The fourth-order valence-electron chi connectivity index (χ4n) is 4.03. The Morgan fingerprint density at radius 3 is 2.47 bits per heavy atom. The van der Waals surface area contributed by atoms with Crippen LogP contribution < -0.4 is 26.6 Å². The van der Waals surface area contributed by atoms with E-state index >= 15 is 0 Å². The summed E-state index contributed by atoms with van der Waals surface area (Å²) in [7, 11) is 2.14. The second-order valence-corrected chi connectivity index (χ2v) is 8.98. The standard InChI is InChI=1S/C24H34N8O2/c1-31-12-14-32(15-13-31)19-8-6-18(7-9-19)29-24-28-16-20(21(25)33)22(30-24)26-10-3-11-27-23(34)17-4-2-5-17/h6-9,16-17H,2-5,10-15H2,1H3,(H2,25,33)(H,27,34)(H2,26,28,29,30). The number of aromatic nitrogens is 2. The Morgan fingerprint density at radius 1 is 1.09 bits per heavy atom. The fourth-order valence-corrected chi connectivity index (χ4v) is 4.03. The van der Waals surface area contributed by atoms with Gasteiger partial charge in [0.2, 0.25) is 11.9 Å². The van der Waals surface area contributed by atoms with Crippen molar-refractivity contribution < 1.29 is 9.59 Å². The van der Waals surface area contributed by atoms with Gasteiger partial charge in [-0.2, -0.15) is 4.98 Å². The Bertz CT molecular complexity index is 985. The van der Waals surface area contributed by atoms with Crippen molar-refractivity contribution in [2.24, 2.45) is 11.7 Å². The van der Waals surface area contributed by atoms with Crippen LogP contribution in [0.2, 0.25) is 0 Å². The second-order valence-electron chi connectivity index (χ2n) is 8.98. The van der Waals surface area contributed by atoms with Gasteiger partial charge in [0.1, 0.15) is 5.82 Å². The van der Waals surface area contributed by atoms with Crippen molar-refractivity contribution >= 4 is 35.0 Å². The molecule has 0 radical (unpaired) electrons. The quantitative estimate of drug-likeness (QED) is 0.390. The summed E-state index contributed by atoms with van der Waals surface area (Å²) in [6.07, 6.45) is 5.25. The number of likely N-dealkylation sites (N-methyl/N-ethyl adjacent to an activating group) is 1. The molecule has 0 atom stereocenters. The van der Waals surface area contributed by atoms with Crippen molar-refractivity contribution in [2.45, 2.75) is 25.7 Å². The van der Waals surface area contributed by atoms with Crippen molar-refractivity contribution in [3.05, 3.63) is 36.0 Å². The molecule has 5 N–H and O–H groups in total. The van der Waals surface area contributed by atoms with Gasteiger partial charge in [-0.25, -0.2) is 4.98 Å². The van der Waals surface area contributed by atoms with Crippen LogP contribution in [-0.2, 0) is 4.79 Å². The molecule has 1 aromatic carbocycles. The van der Waals surface area contributed by atoms with E-state index in [0.717, 1.165) is 51.1 Å². The molecule has 2 aromatic rings. The average molecular weight is 467 g/mol. The van der Waals surface area contributed by atoms with E-state index in [1.54, 1.807) is 0 Å². The molecule has 1 aliphatic heterocycles. The number of piperazine rings is 1. The summed E-state index contributed by atoms with van der Waals surface area (Å²) < 4.78 is 0. The third-order valence-corrected chi connectivity index (χ3v) is 6.47. The largest absolute Gasteiger partial charge is 0.369 e. The minimum atomic E-state index is -0.594. The lowest BCUT2D eigenvalue weighted by atomic mass is 9.85. The number of primary amides is 1. The molecule has 2 fully saturated rings. The zero-order valence-electron chi connectivity index (χ0n) is 19.7. The Kier molecular flexibility index (Phi) is 7.79. The SMILES string of the molecule is CN1CCN(c2ccc(Nc3ncc(C(N)=O)c(NCCCNC(=O)C4CCC4)n3)cc2)CC1. The maximum atomic E-state index is 11.9. The number of carbonyl (C=O) groups is 2. The highest BCUT2D eigenvalue weighted by Gasteiger charge is 2.24. The summed E-state index contributed by atoms with van der Waals surface area (Å²) in [5.74, 6) is 0.475. The van der Waals surface area contributed by atoms with E-state index in [1.165, 1.54) is 11.9 Å². The molecule has 0 bridgehead atoms. The minimum Gasteiger partial charge on any atom is -0.369 e. The topological polar surface area (TPSA) is 129 Å². The fraction of sp³-hybridized carbons (Fsp3) is 0.500. The normalized spacial score (nSPS) is 16.6. The summed E-state index contributed by atoms with van der Waals surface area (Å²) >= 11 is 0. The number of amides is 2. The first-order valence-corrected chi connectivity index (χ1v) is 12.0. The molecule has 4 rings (SSSR count). The maximum Gasteiger partial charge on any atom is 0.254 e. The van der Waals surface area contributed by atoms with Crippen LogP contribution in [-0.4, -0.2) is 73.0 Å². The first-order valence-electron chi connectivity index (χ1n) is 12.0. The predicted molar refractivity (Wildman–Crippen MR) is 133 cm³/mol. The molecule has 0 unspecified atom stereocenters. The highest BCUT2D eigenvalue weighted by molar-refractivity contribution is 5.97. The predicted octanol–water partition coefficient (Wildman–Crippen LogP) is 1.79.